The molecule has 0 aliphatic rings. The molecule has 0 amide bonds. The third-order valence-electron chi connectivity index (χ3n) is 3.15. The number of nitrogens with one attached hydrogen (secondary N) is 1. The van der Waals surface area contributed by atoms with Crippen molar-refractivity contribution in [3.63, 3.8) is 0 Å². The van der Waals surface area contributed by atoms with Gasteiger partial charge in [-0.25, -0.2) is 9.97 Å². The van der Waals surface area contributed by atoms with Crippen LogP contribution in [0, 0.1) is 0 Å². The van der Waals surface area contributed by atoms with Gasteiger partial charge >= 0.3 is 6.61 Å². The van der Waals surface area contributed by atoms with Crippen LogP contribution in [0.4, 0.5) is 14.6 Å². The van der Waals surface area contributed by atoms with Gasteiger partial charge in [0.15, 0.2) is 11.5 Å². The third kappa shape index (κ3) is 3.48. The van der Waals surface area contributed by atoms with Crippen molar-refractivity contribution >= 4 is 27.4 Å². The van der Waals surface area contributed by atoms with Gasteiger partial charge in [0, 0.05) is 6.54 Å². The number of benzene rings is 1. The van der Waals surface area contributed by atoms with Gasteiger partial charge in [0.1, 0.15) is 12.1 Å². The summed E-state index contributed by atoms with van der Waals surface area (Å²) < 4.78 is 35.1. The molecule has 3 rings (SSSR count). The lowest BCUT2D eigenvalue weighted by atomic mass is 10.2. The second kappa shape index (κ2) is 6.74. The molecular weight excluding hydrogens is 324 g/mol. The second-order valence-corrected chi connectivity index (χ2v) is 5.49. The molecule has 0 unspecified atom stereocenters. The fraction of sp³-hybridized carbons (Fsp3) is 0.200. The highest BCUT2D eigenvalue weighted by molar-refractivity contribution is 7.17. The Labute approximate surface area is 134 Å². The highest BCUT2D eigenvalue weighted by Crippen LogP contribution is 2.30. The highest BCUT2D eigenvalue weighted by Gasteiger charge is 2.11. The van der Waals surface area contributed by atoms with Crippen LogP contribution < -0.4 is 14.8 Å². The van der Waals surface area contributed by atoms with Crippen LogP contribution >= 0.6 is 11.3 Å². The second-order valence-electron chi connectivity index (χ2n) is 4.57. The van der Waals surface area contributed by atoms with E-state index in [1.807, 2.05) is 11.4 Å². The number of ether oxygens (including phenoxy) is 2. The molecular formula is C15H13F2N3O2S. The van der Waals surface area contributed by atoms with Crippen molar-refractivity contribution in [2.24, 2.45) is 0 Å². The van der Waals surface area contributed by atoms with E-state index < -0.39 is 6.61 Å². The highest BCUT2D eigenvalue weighted by atomic mass is 32.1. The van der Waals surface area contributed by atoms with E-state index in [9.17, 15) is 8.78 Å². The molecule has 120 valence electrons. The van der Waals surface area contributed by atoms with Crippen molar-refractivity contribution in [1.29, 1.82) is 0 Å². The average Bonchev–Trinajstić information content (AvgIpc) is 3.02. The molecule has 0 fully saturated rings. The molecule has 3 aromatic rings. The van der Waals surface area contributed by atoms with Crippen molar-refractivity contribution in [2.45, 2.75) is 13.2 Å². The van der Waals surface area contributed by atoms with E-state index in [0.29, 0.717) is 6.54 Å². The van der Waals surface area contributed by atoms with Gasteiger partial charge in [-0.1, -0.05) is 6.07 Å². The number of halogens is 2. The van der Waals surface area contributed by atoms with Gasteiger partial charge in [-0.2, -0.15) is 8.78 Å². The Hall–Kier alpha value is -2.48. The van der Waals surface area contributed by atoms with E-state index in [0.717, 1.165) is 21.6 Å². The molecule has 5 nitrogen and oxygen atoms in total. The van der Waals surface area contributed by atoms with E-state index in [1.165, 1.54) is 19.5 Å². The summed E-state index contributed by atoms with van der Waals surface area (Å²) in [6, 6.07) is 6.73. The minimum absolute atomic E-state index is 0.00827. The molecule has 0 atom stereocenters. The van der Waals surface area contributed by atoms with E-state index in [1.54, 1.807) is 23.5 Å². The Balaban J connectivity index is 1.76. The lowest BCUT2D eigenvalue weighted by molar-refractivity contribution is -0.0512. The van der Waals surface area contributed by atoms with Crippen LogP contribution in [0.2, 0.25) is 0 Å². The molecule has 0 saturated heterocycles. The fourth-order valence-corrected chi connectivity index (χ4v) is 2.93. The average molecular weight is 337 g/mol. The number of hydrogen-bond acceptors (Lipinski definition) is 6. The molecule has 2 heterocycles. The lowest BCUT2D eigenvalue weighted by Crippen LogP contribution is -2.05. The molecule has 0 spiro atoms. The zero-order valence-electron chi connectivity index (χ0n) is 12.1. The number of nitrogens with zero attached hydrogens (tertiary/aromatic N) is 2. The summed E-state index contributed by atoms with van der Waals surface area (Å²) >= 11 is 1.55. The Morgan fingerprint density at radius 1 is 1.22 bits per heavy atom. The SMILES string of the molecule is COc1cc(CNc2ncnc3ccsc23)ccc1OC(F)F. The van der Waals surface area contributed by atoms with Gasteiger partial charge in [0.05, 0.1) is 17.3 Å². The minimum Gasteiger partial charge on any atom is -0.493 e. The topological polar surface area (TPSA) is 56.3 Å². The first-order valence-corrected chi connectivity index (χ1v) is 7.59. The Kier molecular flexibility index (Phi) is 4.52. The van der Waals surface area contributed by atoms with Crippen molar-refractivity contribution in [1.82, 2.24) is 9.97 Å². The fourth-order valence-electron chi connectivity index (χ4n) is 2.12. The summed E-state index contributed by atoms with van der Waals surface area (Å²) in [7, 11) is 1.41. The standard InChI is InChI=1S/C15H13F2N3O2S/c1-21-12-6-9(2-3-11(12)22-15(16)17)7-18-14-13-10(4-5-23-13)19-8-20-14/h2-6,8,15H,7H2,1H3,(H,18,19,20). The van der Waals surface area contributed by atoms with E-state index >= 15 is 0 Å². The predicted octanol–water partition coefficient (Wildman–Crippen LogP) is 3.91. The van der Waals surface area contributed by atoms with E-state index in [-0.39, 0.29) is 11.5 Å². The maximum atomic E-state index is 12.3. The van der Waals surface area contributed by atoms with Crippen LogP contribution in [0.25, 0.3) is 10.2 Å². The summed E-state index contributed by atoms with van der Waals surface area (Å²) in [6.07, 6.45) is 1.50. The number of methoxy groups -OCH3 is 1. The molecule has 23 heavy (non-hydrogen) atoms. The lowest BCUT2D eigenvalue weighted by Gasteiger charge is -2.12. The third-order valence-corrected chi connectivity index (χ3v) is 4.06. The number of thiophene rings is 1. The van der Waals surface area contributed by atoms with E-state index in [4.69, 9.17) is 4.74 Å². The molecule has 0 saturated carbocycles. The molecule has 8 heteroatoms. The summed E-state index contributed by atoms with van der Waals surface area (Å²) in [6.45, 7) is -2.42. The number of alkyl halides is 2. The quantitative estimate of drug-likeness (QED) is 0.739. The van der Waals surface area contributed by atoms with Crippen LogP contribution in [0.3, 0.4) is 0 Å². The molecule has 0 aliphatic carbocycles. The summed E-state index contributed by atoms with van der Waals surface area (Å²) in [5.74, 6) is 0.999. The van der Waals surface area contributed by atoms with Crippen molar-refractivity contribution in [2.75, 3.05) is 12.4 Å². The molecule has 0 bridgehead atoms. The van der Waals surface area contributed by atoms with Crippen LogP contribution in [0.15, 0.2) is 36.0 Å². The van der Waals surface area contributed by atoms with Gasteiger partial charge in [-0.05, 0) is 29.1 Å². The Bertz CT molecular complexity index is 810. The number of aromatic nitrogens is 2. The Morgan fingerprint density at radius 3 is 2.87 bits per heavy atom. The smallest absolute Gasteiger partial charge is 0.387 e. The minimum atomic E-state index is -2.89. The summed E-state index contributed by atoms with van der Waals surface area (Å²) in [5.41, 5.74) is 1.73. The van der Waals surface area contributed by atoms with E-state index in [2.05, 4.69) is 20.0 Å². The van der Waals surface area contributed by atoms with Crippen molar-refractivity contribution < 1.29 is 18.3 Å². The predicted molar refractivity (Wildman–Crippen MR) is 84.4 cm³/mol. The van der Waals surface area contributed by atoms with Gasteiger partial charge < -0.3 is 14.8 Å². The zero-order valence-corrected chi connectivity index (χ0v) is 12.9. The number of hydrogen-bond donors (Lipinski definition) is 1. The van der Waals surface area contributed by atoms with Gasteiger partial charge in [-0.3, -0.25) is 0 Å². The molecule has 0 aliphatic heterocycles. The van der Waals surface area contributed by atoms with Crippen LogP contribution in [0.5, 0.6) is 11.5 Å². The van der Waals surface area contributed by atoms with Crippen LogP contribution in [-0.4, -0.2) is 23.7 Å². The number of anilines is 1. The van der Waals surface area contributed by atoms with Crippen LogP contribution in [0.1, 0.15) is 5.56 Å². The first-order valence-electron chi connectivity index (χ1n) is 6.71. The molecule has 0 radical (unpaired) electrons. The monoisotopic (exact) mass is 337 g/mol. The summed E-state index contributed by atoms with van der Waals surface area (Å²) in [5, 5.41) is 5.16. The van der Waals surface area contributed by atoms with Crippen LogP contribution in [-0.2, 0) is 6.54 Å². The largest absolute Gasteiger partial charge is 0.493 e. The Morgan fingerprint density at radius 2 is 2.09 bits per heavy atom. The zero-order chi connectivity index (χ0) is 16.2. The molecule has 1 N–H and O–H groups in total. The van der Waals surface area contributed by atoms with Gasteiger partial charge in [0.2, 0.25) is 0 Å². The maximum Gasteiger partial charge on any atom is 0.387 e. The summed E-state index contributed by atoms with van der Waals surface area (Å²) in [4.78, 5) is 8.40. The first kappa shape index (κ1) is 15.4. The maximum absolute atomic E-state index is 12.3. The first-order chi connectivity index (χ1) is 11.2. The van der Waals surface area contributed by atoms with Crippen molar-refractivity contribution in [3.05, 3.63) is 41.5 Å². The van der Waals surface area contributed by atoms with Gasteiger partial charge in [0.25, 0.3) is 0 Å². The van der Waals surface area contributed by atoms with Gasteiger partial charge in [-0.15, -0.1) is 11.3 Å². The van der Waals surface area contributed by atoms with Crippen molar-refractivity contribution in [3.8, 4) is 11.5 Å². The number of rotatable bonds is 6. The molecule has 1 aromatic carbocycles. The molecule has 2 aromatic heterocycles. The normalized spacial score (nSPS) is 11.0. The number of fused-ring (bicyclic) bond motifs is 1.